The standard InChI is InChI=1S/C33H43Cl3N2O5S/c1-22-10-8-9-13-25(22)27-20-23(14-15-26(27)29(39)37-28(30(40)41)17-19-44-4)16-18-38(21-24-11-6-5-7-12-24)31(42)43-32(2,3)33(34,35)36/h8-10,13-15,20,24,28H,5-7,11-12,16-19,21H2,1-4H3,(H,37,39)(H,40,41)/t28-/m0/s1. The number of hydrogen-bond donors (Lipinski definition) is 2. The molecular weight excluding hydrogens is 643 g/mol. The van der Waals surface area contributed by atoms with E-state index in [0.717, 1.165) is 42.4 Å². The molecule has 0 heterocycles. The van der Waals surface area contributed by atoms with Gasteiger partial charge >= 0.3 is 12.1 Å². The number of nitrogens with one attached hydrogen (secondary N) is 1. The van der Waals surface area contributed by atoms with Crippen LogP contribution in [0.2, 0.25) is 0 Å². The van der Waals surface area contributed by atoms with Crippen molar-refractivity contribution in [1.82, 2.24) is 10.2 Å². The number of thioether (sulfide) groups is 1. The highest BCUT2D eigenvalue weighted by Crippen LogP contribution is 2.40. The monoisotopic (exact) mass is 684 g/mol. The molecule has 1 saturated carbocycles. The fourth-order valence-electron chi connectivity index (χ4n) is 5.32. The number of nitrogens with zero attached hydrogens (tertiary/aromatic N) is 1. The Morgan fingerprint density at radius 1 is 1.07 bits per heavy atom. The largest absolute Gasteiger partial charge is 0.480 e. The fraction of sp³-hybridized carbons (Fsp3) is 0.545. The number of ether oxygens (including phenoxy) is 1. The van der Waals surface area contributed by atoms with E-state index in [1.54, 1.807) is 24.8 Å². The van der Waals surface area contributed by atoms with Crippen molar-refractivity contribution in [1.29, 1.82) is 0 Å². The van der Waals surface area contributed by atoms with Crippen LogP contribution >= 0.6 is 46.6 Å². The fourth-order valence-corrected chi connectivity index (χ4v) is 5.90. The summed E-state index contributed by atoms with van der Waals surface area (Å²) in [5, 5.41) is 12.4. The second-order valence-electron chi connectivity index (χ2n) is 11.9. The predicted molar refractivity (Wildman–Crippen MR) is 181 cm³/mol. The number of aryl methyl sites for hydroxylation is 1. The van der Waals surface area contributed by atoms with Gasteiger partial charge in [0.2, 0.25) is 3.79 Å². The van der Waals surface area contributed by atoms with E-state index in [2.05, 4.69) is 5.32 Å². The lowest BCUT2D eigenvalue weighted by Gasteiger charge is -2.36. The summed E-state index contributed by atoms with van der Waals surface area (Å²) in [6.07, 6.45) is 7.76. The molecule has 0 aliphatic heterocycles. The minimum atomic E-state index is -1.80. The Balaban J connectivity index is 1.89. The first-order valence-corrected chi connectivity index (χ1v) is 17.5. The zero-order valence-electron chi connectivity index (χ0n) is 25.8. The van der Waals surface area contributed by atoms with Crippen LogP contribution in [0.3, 0.4) is 0 Å². The van der Waals surface area contributed by atoms with Crippen molar-refractivity contribution in [2.45, 2.75) is 81.2 Å². The van der Waals surface area contributed by atoms with Crippen molar-refractivity contribution in [3.63, 3.8) is 0 Å². The average molecular weight is 686 g/mol. The molecule has 0 unspecified atom stereocenters. The lowest BCUT2D eigenvalue weighted by molar-refractivity contribution is -0.139. The van der Waals surface area contributed by atoms with Crippen molar-refractivity contribution >= 4 is 64.5 Å². The first-order valence-electron chi connectivity index (χ1n) is 15.0. The maximum Gasteiger partial charge on any atom is 0.410 e. The van der Waals surface area contributed by atoms with Gasteiger partial charge in [-0.15, -0.1) is 0 Å². The molecule has 1 fully saturated rings. The molecule has 1 atom stereocenters. The molecule has 242 valence electrons. The minimum Gasteiger partial charge on any atom is -0.480 e. The number of carbonyl (C=O) groups excluding carboxylic acids is 2. The van der Waals surface area contributed by atoms with E-state index in [9.17, 15) is 19.5 Å². The minimum absolute atomic E-state index is 0.321. The van der Waals surface area contributed by atoms with Gasteiger partial charge in [-0.1, -0.05) is 90.5 Å². The molecule has 2 aromatic rings. The first-order chi connectivity index (χ1) is 20.7. The Labute approximate surface area is 280 Å². The van der Waals surface area contributed by atoms with E-state index < -0.39 is 33.4 Å². The highest BCUT2D eigenvalue weighted by atomic mass is 35.6. The maximum atomic E-state index is 13.4. The van der Waals surface area contributed by atoms with E-state index in [4.69, 9.17) is 39.5 Å². The van der Waals surface area contributed by atoms with Crippen molar-refractivity contribution in [2.24, 2.45) is 5.92 Å². The third-order valence-corrected chi connectivity index (χ3v) is 10.1. The van der Waals surface area contributed by atoms with Crippen LogP contribution in [0, 0.1) is 12.8 Å². The number of rotatable bonds is 13. The maximum absolute atomic E-state index is 13.4. The Morgan fingerprint density at radius 3 is 2.36 bits per heavy atom. The molecule has 1 aliphatic carbocycles. The third-order valence-electron chi connectivity index (χ3n) is 8.13. The summed E-state index contributed by atoms with van der Waals surface area (Å²) in [4.78, 5) is 40.4. The molecule has 44 heavy (non-hydrogen) atoms. The van der Waals surface area contributed by atoms with Crippen LogP contribution < -0.4 is 5.32 Å². The van der Waals surface area contributed by atoms with Gasteiger partial charge in [-0.3, -0.25) is 4.79 Å². The smallest absolute Gasteiger partial charge is 0.410 e. The number of amides is 2. The van der Waals surface area contributed by atoms with Crippen LogP contribution in [0.1, 0.15) is 73.9 Å². The molecule has 11 heteroatoms. The highest BCUT2D eigenvalue weighted by molar-refractivity contribution is 7.98. The number of benzene rings is 2. The van der Waals surface area contributed by atoms with Crippen molar-refractivity contribution < 1.29 is 24.2 Å². The number of alkyl halides is 3. The van der Waals surface area contributed by atoms with Crippen LogP contribution in [-0.2, 0) is 16.0 Å². The van der Waals surface area contributed by atoms with Crippen LogP contribution in [-0.4, -0.2) is 68.5 Å². The van der Waals surface area contributed by atoms with Gasteiger partial charge in [0.1, 0.15) is 6.04 Å². The molecular formula is C33H43Cl3N2O5S. The van der Waals surface area contributed by atoms with Crippen molar-refractivity contribution in [3.05, 3.63) is 59.2 Å². The second-order valence-corrected chi connectivity index (χ2v) is 15.2. The Kier molecular flexibility index (Phi) is 13.6. The molecule has 0 bridgehead atoms. The number of halogens is 3. The molecule has 0 radical (unpaired) electrons. The van der Waals surface area contributed by atoms with E-state index >= 15 is 0 Å². The first kappa shape index (κ1) is 36.3. The number of carbonyl (C=O) groups is 3. The summed E-state index contributed by atoms with van der Waals surface area (Å²) in [6.45, 7) is 6.04. The zero-order valence-corrected chi connectivity index (χ0v) is 28.9. The molecule has 0 spiro atoms. The van der Waals surface area contributed by atoms with Gasteiger partial charge in [0.15, 0.2) is 5.60 Å². The number of aliphatic carboxylic acids is 1. The zero-order chi connectivity index (χ0) is 32.5. The Morgan fingerprint density at radius 2 is 1.75 bits per heavy atom. The lowest BCUT2D eigenvalue weighted by atomic mass is 9.89. The van der Waals surface area contributed by atoms with Gasteiger partial charge in [-0.25, -0.2) is 9.59 Å². The molecule has 7 nitrogen and oxygen atoms in total. The number of hydrogen-bond acceptors (Lipinski definition) is 5. The van der Waals surface area contributed by atoms with Crippen LogP contribution in [0.5, 0.6) is 0 Å². The number of carboxylic acid groups (broad SMARTS) is 1. The molecule has 0 saturated heterocycles. The quantitative estimate of drug-likeness (QED) is 0.206. The molecule has 2 amide bonds. The van der Waals surface area contributed by atoms with Gasteiger partial charge in [0, 0.05) is 18.7 Å². The second kappa shape index (κ2) is 16.4. The number of carboxylic acids is 1. The van der Waals surface area contributed by atoms with Gasteiger partial charge in [-0.2, -0.15) is 11.8 Å². The van der Waals surface area contributed by atoms with E-state index in [0.29, 0.717) is 48.7 Å². The Bertz CT molecular complexity index is 1290. The predicted octanol–water partition coefficient (Wildman–Crippen LogP) is 8.31. The summed E-state index contributed by atoms with van der Waals surface area (Å²) in [5.41, 5.74) is 2.52. The SMILES string of the molecule is CSCC[C@H](NC(=O)c1ccc(CCN(CC2CCCCC2)C(=O)OC(C)(C)C(Cl)(Cl)Cl)cc1-c1ccccc1C)C(=O)O. The van der Waals surface area contributed by atoms with Crippen molar-refractivity contribution in [2.75, 3.05) is 25.1 Å². The van der Waals surface area contributed by atoms with E-state index in [-0.39, 0.29) is 0 Å². The molecule has 1 aliphatic rings. The topological polar surface area (TPSA) is 95.9 Å². The summed E-state index contributed by atoms with van der Waals surface area (Å²) in [5.74, 6) is -0.530. The molecule has 0 aromatic heterocycles. The molecule has 2 aromatic carbocycles. The van der Waals surface area contributed by atoms with Crippen molar-refractivity contribution in [3.8, 4) is 11.1 Å². The Hall–Kier alpha value is -2.13. The molecule has 3 rings (SSSR count). The van der Waals surface area contributed by atoms with E-state index in [1.165, 1.54) is 18.2 Å². The highest BCUT2D eigenvalue weighted by Gasteiger charge is 2.45. The van der Waals surface area contributed by atoms with Crippen LogP contribution in [0.4, 0.5) is 4.79 Å². The lowest BCUT2D eigenvalue weighted by Crippen LogP contribution is -2.47. The van der Waals surface area contributed by atoms with Gasteiger partial charge in [-0.05, 0) is 92.7 Å². The summed E-state index contributed by atoms with van der Waals surface area (Å²) in [7, 11) is 0. The van der Waals surface area contributed by atoms with Gasteiger partial charge in [0.25, 0.3) is 5.91 Å². The van der Waals surface area contributed by atoms with E-state index in [1.807, 2.05) is 49.6 Å². The summed E-state index contributed by atoms with van der Waals surface area (Å²) < 4.78 is 3.93. The van der Waals surface area contributed by atoms with Crippen LogP contribution in [0.25, 0.3) is 11.1 Å². The summed E-state index contributed by atoms with van der Waals surface area (Å²) in [6, 6.07) is 12.3. The van der Waals surface area contributed by atoms with Gasteiger partial charge in [0.05, 0.1) is 0 Å². The van der Waals surface area contributed by atoms with Gasteiger partial charge < -0.3 is 20.1 Å². The summed E-state index contributed by atoms with van der Waals surface area (Å²) >= 11 is 19.9. The normalized spacial score (nSPS) is 15.0. The average Bonchev–Trinajstić information content (AvgIpc) is 2.97. The molecule has 2 N–H and O–H groups in total. The van der Waals surface area contributed by atoms with Crippen LogP contribution in [0.15, 0.2) is 42.5 Å². The third kappa shape index (κ3) is 10.2.